The van der Waals surface area contributed by atoms with Crippen LogP contribution in [0.15, 0.2) is 18.2 Å². The molecule has 0 unspecified atom stereocenters. The van der Waals surface area contributed by atoms with Gasteiger partial charge in [0.25, 0.3) is 0 Å². The highest BCUT2D eigenvalue weighted by Crippen LogP contribution is 2.24. The number of hydrogen-bond donors (Lipinski definition) is 2. The Hall–Kier alpha value is -1.30. The Morgan fingerprint density at radius 1 is 1.39 bits per heavy atom. The van der Waals surface area contributed by atoms with Gasteiger partial charge in [-0.25, -0.2) is 4.79 Å². The van der Waals surface area contributed by atoms with E-state index >= 15 is 0 Å². The number of aliphatic carboxylic acids is 1. The van der Waals surface area contributed by atoms with E-state index < -0.39 is 18.0 Å². The molecule has 0 aliphatic carbocycles. The number of halogens is 2. The summed E-state index contributed by atoms with van der Waals surface area (Å²) in [6.07, 6.45) is -1.04. The quantitative estimate of drug-likeness (QED) is 0.874. The molecule has 5 nitrogen and oxygen atoms in total. The summed E-state index contributed by atoms with van der Waals surface area (Å²) in [7, 11) is 0. The van der Waals surface area contributed by atoms with Gasteiger partial charge in [0.05, 0.1) is 10.0 Å². The molecule has 0 aliphatic heterocycles. The van der Waals surface area contributed by atoms with E-state index in [1.165, 1.54) is 13.0 Å². The summed E-state index contributed by atoms with van der Waals surface area (Å²) in [4.78, 5) is 21.9. The van der Waals surface area contributed by atoms with Gasteiger partial charge in [0, 0.05) is 5.69 Å². The number of carbonyl (C=O) groups excluding carboxylic acids is 1. The van der Waals surface area contributed by atoms with Gasteiger partial charge >= 0.3 is 5.97 Å². The zero-order valence-electron chi connectivity index (χ0n) is 9.44. The van der Waals surface area contributed by atoms with Crippen molar-refractivity contribution in [3.8, 4) is 0 Å². The molecule has 7 heteroatoms. The molecule has 98 valence electrons. The molecular weight excluding hydrogens is 281 g/mol. The van der Waals surface area contributed by atoms with E-state index in [0.717, 1.165) is 0 Å². The van der Waals surface area contributed by atoms with Crippen molar-refractivity contribution < 1.29 is 19.4 Å². The van der Waals surface area contributed by atoms with Crippen molar-refractivity contribution in [1.82, 2.24) is 0 Å². The number of amides is 1. The number of hydrogen-bond acceptors (Lipinski definition) is 3. The van der Waals surface area contributed by atoms with Gasteiger partial charge in [-0.15, -0.1) is 0 Å². The number of carbonyl (C=O) groups is 2. The summed E-state index contributed by atoms with van der Waals surface area (Å²) >= 11 is 11.5. The highest BCUT2D eigenvalue weighted by molar-refractivity contribution is 6.42. The molecule has 2 N–H and O–H groups in total. The van der Waals surface area contributed by atoms with Gasteiger partial charge in [0.2, 0.25) is 5.91 Å². The predicted molar refractivity (Wildman–Crippen MR) is 68.1 cm³/mol. The van der Waals surface area contributed by atoms with Crippen LogP contribution in [-0.4, -0.2) is 29.7 Å². The largest absolute Gasteiger partial charge is 0.479 e. The Morgan fingerprint density at radius 3 is 2.61 bits per heavy atom. The van der Waals surface area contributed by atoms with Crippen LogP contribution in [-0.2, 0) is 14.3 Å². The van der Waals surface area contributed by atoms with Crippen molar-refractivity contribution in [2.75, 3.05) is 11.9 Å². The van der Waals surface area contributed by atoms with Crippen molar-refractivity contribution >= 4 is 40.8 Å². The summed E-state index contributed by atoms with van der Waals surface area (Å²) in [5.74, 6) is -1.60. The first-order chi connectivity index (χ1) is 8.40. The fourth-order valence-electron chi connectivity index (χ4n) is 1.04. The Balaban J connectivity index is 2.49. The van der Waals surface area contributed by atoms with E-state index in [2.05, 4.69) is 5.32 Å². The molecule has 0 radical (unpaired) electrons. The summed E-state index contributed by atoms with van der Waals surface area (Å²) in [6.45, 7) is 0.989. The van der Waals surface area contributed by atoms with Crippen molar-refractivity contribution in [2.24, 2.45) is 0 Å². The lowest BCUT2D eigenvalue weighted by atomic mass is 10.3. The Labute approximate surface area is 114 Å². The number of ether oxygens (including phenoxy) is 1. The maximum absolute atomic E-state index is 11.4. The molecule has 1 amide bonds. The van der Waals surface area contributed by atoms with Gasteiger partial charge in [-0.1, -0.05) is 23.2 Å². The van der Waals surface area contributed by atoms with E-state index in [9.17, 15) is 9.59 Å². The minimum Gasteiger partial charge on any atom is -0.479 e. The third-order valence-corrected chi connectivity index (χ3v) is 2.75. The summed E-state index contributed by atoms with van der Waals surface area (Å²) < 4.78 is 4.82. The van der Waals surface area contributed by atoms with Gasteiger partial charge in [-0.05, 0) is 25.1 Å². The fourth-order valence-corrected chi connectivity index (χ4v) is 1.34. The second kappa shape index (κ2) is 6.58. The maximum atomic E-state index is 11.4. The zero-order valence-corrected chi connectivity index (χ0v) is 11.0. The Bertz CT molecular complexity index is 464. The van der Waals surface area contributed by atoms with Crippen molar-refractivity contribution in [3.05, 3.63) is 28.2 Å². The molecule has 1 atom stereocenters. The summed E-state index contributed by atoms with van der Waals surface area (Å²) in [5.41, 5.74) is 0.459. The molecule has 0 bridgehead atoms. The minimum atomic E-state index is -1.13. The predicted octanol–water partition coefficient (Wildman–Crippen LogP) is 2.42. The van der Waals surface area contributed by atoms with Crippen molar-refractivity contribution in [1.29, 1.82) is 0 Å². The van der Waals surface area contributed by atoms with Gasteiger partial charge in [-0.2, -0.15) is 0 Å². The maximum Gasteiger partial charge on any atom is 0.332 e. The van der Waals surface area contributed by atoms with Gasteiger partial charge in [-0.3, -0.25) is 4.79 Å². The third-order valence-electron chi connectivity index (χ3n) is 2.02. The molecule has 18 heavy (non-hydrogen) atoms. The topological polar surface area (TPSA) is 75.6 Å². The lowest BCUT2D eigenvalue weighted by Gasteiger charge is -2.09. The summed E-state index contributed by atoms with van der Waals surface area (Å²) in [6, 6.07) is 4.61. The highest BCUT2D eigenvalue weighted by Gasteiger charge is 2.13. The molecule has 1 aromatic carbocycles. The second-order valence-corrected chi connectivity index (χ2v) is 4.28. The number of anilines is 1. The van der Waals surface area contributed by atoms with Crippen LogP contribution in [0.4, 0.5) is 5.69 Å². The van der Waals surface area contributed by atoms with Crippen LogP contribution in [0.2, 0.25) is 10.0 Å². The number of carboxylic acid groups (broad SMARTS) is 1. The van der Waals surface area contributed by atoms with Crippen LogP contribution in [0.25, 0.3) is 0 Å². The average molecular weight is 292 g/mol. The van der Waals surface area contributed by atoms with E-state index in [1.807, 2.05) is 0 Å². The van der Waals surface area contributed by atoms with Crippen LogP contribution >= 0.6 is 23.2 Å². The minimum absolute atomic E-state index is 0.314. The van der Waals surface area contributed by atoms with Crippen molar-refractivity contribution in [3.63, 3.8) is 0 Å². The standard InChI is InChI=1S/C11H11Cl2NO4/c1-6(11(16)17)18-5-10(15)14-7-2-3-8(12)9(13)4-7/h2-4,6H,5H2,1H3,(H,14,15)(H,16,17)/t6-/m0/s1. The number of rotatable bonds is 5. The van der Waals surface area contributed by atoms with Gasteiger partial charge in [0.15, 0.2) is 6.10 Å². The van der Waals surface area contributed by atoms with Gasteiger partial charge < -0.3 is 15.2 Å². The smallest absolute Gasteiger partial charge is 0.332 e. The molecule has 0 aromatic heterocycles. The van der Waals surface area contributed by atoms with Crippen LogP contribution in [0.3, 0.4) is 0 Å². The van der Waals surface area contributed by atoms with Crippen LogP contribution in [0.1, 0.15) is 6.92 Å². The molecule has 0 fully saturated rings. The molecular formula is C11H11Cl2NO4. The van der Waals surface area contributed by atoms with E-state index in [1.54, 1.807) is 12.1 Å². The molecule has 1 rings (SSSR count). The number of carboxylic acids is 1. The van der Waals surface area contributed by atoms with Crippen LogP contribution in [0, 0.1) is 0 Å². The summed E-state index contributed by atoms with van der Waals surface area (Å²) in [5, 5.41) is 11.8. The SMILES string of the molecule is C[C@H](OCC(=O)Nc1ccc(Cl)c(Cl)c1)C(=O)O. The second-order valence-electron chi connectivity index (χ2n) is 3.47. The average Bonchev–Trinajstić information content (AvgIpc) is 2.30. The lowest BCUT2D eigenvalue weighted by molar-refractivity contribution is -0.150. The van der Waals surface area contributed by atoms with E-state index in [-0.39, 0.29) is 6.61 Å². The number of nitrogens with one attached hydrogen (secondary N) is 1. The molecule has 0 saturated carbocycles. The normalized spacial score (nSPS) is 11.9. The highest BCUT2D eigenvalue weighted by atomic mass is 35.5. The molecule has 0 saturated heterocycles. The molecule has 0 heterocycles. The van der Waals surface area contributed by atoms with Gasteiger partial charge in [0.1, 0.15) is 6.61 Å². The molecule has 0 spiro atoms. The number of benzene rings is 1. The molecule has 1 aromatic rings. The third kappa shape index (κ3) is 4.52. The fraction of sp³-hybridized carbons (Fsp3) is 0.273. The van der Waals surface area contributed by atoms with Crippen LogP contribution in [0.5, 0.6) is 0 Å². The van der Waals surface area contributed by atoms with E-state index in [4.69, 9.17) is 33.0 Å². The first-order valence-corrected chi connectivity index (χ1v) is 5.75. The van der Waals surface area contributed by atoms with E-state index in [0.29, 0.717) is 15.7 Å². The lowest BCUT2D eigenvalue weighted by Crippen LogP contribution is -2.26. The first-order valence-electron chi connectivity index (χ1n) is 4.99. The van der Waals surface area contributed by atoms with Crippen LogP contribution < -0.4 is 5.32 Å². The first kappa shape index (κ1) is 14.8. The monoisotopic (exact) mass is 291 g/mol. The zero-order chi connectivity index (χ0) is 13.7. The van der Waals surface area contributed by atoms with Crippen molar-refractivity contribution in [2.45, 2.75) is 13.0 Å². The Morgan fingerprint density at radius 2 is 2.06 bits per heavy atom. The Kier molecular flexibility index (Phi) is 5.40. The molecule has 0 aliphatic rings.